The number of ether oxygens (including phenoxy) is 1. The molecule has 0 aliphatic carbocycles. The zero-order valence-corrected chi connectivity index (χ0v) is 17.8. The van der Waals surface area contributed by atoms with Crippen LogP contribution in [0.25, 0.3) is 11.3 Å². The van der Waals surface area contributed by atoms with Crippen LogP contribution in [-0.2, 0) is 22.0 Å². The van der Waals surface area contributed by atoms with Crippen molar-refractivity contribution in [1.29, 1.82) is 0 Å². The standard InChI is InChI=1S/C23H24FN3O2S/c1-15-14-23(22(25)28,10-12-29-15)17-5-8-19(24)21(13-17)30-18-6-3-16(4-7-18)20-9-11-26-27(20)2/h3-9,11,13,15H,10,12,14H2,1-2H3,(H2,25,28)/t15-,23+/m0/s1. The first-order valence-electron chi connectivity index (χ1n) is 9.87. The van der Waals surface area contributed by atoms with E-state index in [9.17, 15) is 9.18 Å². The fourth-order valence-electron chi connectivity index (χ4n) is 4.07. The quantitative estimate of drug-likeness (QED) is 0.662. The number of hydrogen-bond acceptors (Lipinski definition) is 4. The maximum Gasteiger partial charge on any atom is 0.228 e. The molecule has 0 spiro atoms. The molecule has 1 aliphatic heterocycles. The summed E-state index contributed by atoms with van der Waals surface area (Å²) in [5.41, 5.74) is 7.78. The maximum absolute atomic E-state index is 14.6. The summed E-state index contributed by atoms with van der Waals surface area (Å²) < 4.78 is 22.0. The number of benzene rings is 2. The van der Waals surface area contributed by atoms with Crippen LogP contribution < -0.4 is 5.73 Å². The Hall–Kier alpha value is -2.64. The number of primary amides is 1. The number of rotatable bonds is 5. The first kappa shape index (κ1) is 20.6. The Balaban J connectivity index is 1.62. The molecular weight excluding hydrogens is 401 g/mol. The van der Waals surface area contributed by atoms with Crippen LogP contribution in [0.15, 0.2) is 64.5 Å². The number of hydrogen-bond donors (Lipinski definition) is 1. The van der Waals surface area contributed by atoms with E-state index in [1.54, 1.807) is 18.3 Å². The predicted octanol–water partition coefficient (Wildman–Crippen LogP) is 4.30. The highest BCUT2D eigenvalue weighted by Gasteiger charge is 2.42. The van der Waals surface area contributed by atoms with Gasteiger partial charge in [0.05, 0.1) is 17.2 Å². The minimum Gasteiger partial charge on any atom is -0.378 e. The number of amides is 1. The van der Waals surface area contributed by atoms with Gasteiger partial charge in [-0.25, -0.2) is 4.39 Å². The number of carbonyl (C=O) groups excluding carboxylic acids is 1. The maximum atomic E-state index is 14.6. The number of carbonyl (C=O) groups is 1. The van der Waals surface area contributed by atoms with Crippen LogP contribution in [0.2, 0.25) is 0 Å². The highest BCUT2D eigenvalue weighted by atomic mass is 32.2. The third-order valence-corrected chi connectivity index (χ3v) is 6.76. The van der Waals surface area contributed by atoms with Gasteiger partial charge in [-0.2, -0.15) is 5.10 Å². The van der Waals surface area contributed by atoms with E-state index in [1.807, 2.05) is 49.0 Å². The molecule has 0 saturated carbocycles. The van der Waals surface area contributed by atoms with E-state index in [0.29, 0.717) is 24.3 Å². The summed E-state index contributed by atoms with van der Waals surface area (Å²) in [5, 5.41) is 4.19. The molecule has 7 heteroatoms. The lowest BCUT2D eigenvalue weighted by Crippen LogP contribution is -2.47. The van der Waals surface area contributed by atoms with Crippen molar-refractivity contribution in [2.24, 2.45) is 12.8 Å². The zero-order valence-electron chi connectivity index (χ0n) is 17.0. The van der Waals surface area contributed by atoms with Crippen LogP contribution in [-0.4, -0.2) is 28.4 Å². The van der Waals surface area contributed by atoms with Gasteiger partial charge in [0.2, 0.25) is 5.91 Å². The first-order valence-corrected chi connectivity index (χ1v) is 10.7. The number of aryl methyl sites for hydroxylation is 1. The Morgan fingerprint density at radius 3 is 2.67 bits per heavy atom. The van der Waals surface area contributed by atoms with Crippen molar-refractivity contribution in [3.63, 3.8) is 0 Å². The summed E-state index contributed by atoms with van der Waals surface area (Å²) in [6.07, 6.45) is 2.68. The fourth-order valence-corrected chi connectivity index (χ4v) is 4.95. The Morgan fingerprint density at radius 2 is 2.03 bits per heavy atom. The van der Waals surface area contributed by atoms with Crippen molar-refractivity contribution in [1.82, 2.24) is 9.78 Å². The molecule has 0 bridgehead atoms. The molecule has 1 amide bonds. The molecule has 2 aromatic carbocycles. The van der Waals surface area contributed by atoms with Gasteiger partial charge < -0.3 is 10.5 Å². The minimum absolute atomic E-state index is 0.0769. The lowest BCUT2D eigenvalue weighted by Gasteiger charge is -2.38. The average Bonchev–Trinajstić information content (AvgIpc) is 3.16. The highest BCUT2D eigenvalue weighted by molar-refractivity contribution is 7.99. The topological polar surface area (TPSA) is 70.1 Å². The van der Waals surface area contributed by atoms with Crippen LogP contribution in [0, 0.1) is 5.82 Å². The Kier molecular flexibility index (Phi) is 5.66. The van der Waals surface area contributed by atoms with Gasteiger partial charge >= 0.3 is 0 Å². The van der Waals surface area contributed by atoms with E-state index >= 15 is 0 Å². The molecule has 5 nitrogen and oxygen atoms in total. The van der Waals surface area contributed by atoms with Crippen LogP contribution in [0.3, 0.4) is 0 Å². The van der Waals surface area contributed by atoms with Crippen LogP contribution in [0.1, 0.15) is 25.3 Å². The van der Waals surface area contributed by atoms with Crippen LogP contribution in [0.4, 0.5) is 4.39 Å². The molecule has 156 valence electrons. The molecule has 1 fully saturated rings. The van der Waals surface area contributed by atoms with Crippen molar-refractivity contribution in [2.75, 3.05) is 6.61 Å². The molecule has 2 atom stereocenters. The second-order valence-corrected chi connectivity index (χ2v) is 8.81. The molecule has 2 heterocycles. The Labute approximate surface area is 179 Å². The van der Waals surface area contributed by atoms with Crippen molar-refractivity contribution < 1.29 is 13.9 Å². The van der Waals surface area contributed by atoms with Gasteiger partial charge in [0.15, 0.2) is 0 Å². The monoisotopic (exact) mass is 425 g/mol. The SMILES string of the molecule is C[C@H]1C[C@@](C(N)=O)(c2ccc(F)c(Sc3ccc(-c4ccnn4C)cc3)c2)CCO1. The fraction of sp³-hybridized carbons (Fsp3) is 0.304. The van der Waals surface area contributed by atoms with Gasteiger partial charge in [0, 0.05) is 29.6 Å². The van der Waals surface area contributed by atoms with Gasteiger partial charge in [-0.15, -0.1) is 0 Å². The number of nitrogens with zero attached hydrogens (tertiary/aromatic N) is 2. The molecule has 0 radical (unpaired) electrons. The summed E-state index contributed by atoms with van der Waals surface area (Å²) in [7, 11) is 1.89. The number of aromatic nitrogens is 2. The minimum atomic E-state index is -0.829. The predicted molar refractivity (Wildman–Crippen MR) is 115 cm³/mol. The normalized spacial score (nSPS) is 21.5. The van der Waals surface area contributed by atoms with Crippen molar-refractivity contribution in [3.05, 3.63) is 66.1 Å². The van der Waals surface area contributed by atoms with E-state index < -0.39 is 5.41 Å². The molecule has 2 N–H and O–H groups in total. The van der Waals surface area contributed by atoms with E-state index in [2.05, 4.69) is 5.10 Å². The zero-order chi connectivity index (χ0) is 21.3. The largest absolute Gasteiger partial charge is 0.378 e. The molecule has 3 aromatic rings. The summed E-state index contributed by atoms with van der Waals surface area (Å²) in [4.78, 5) is 13.8. The summed E-state index contributed by atoms with van der Waals surface area (Å²) in [6.45, 7) is 2.39. The smallest absolute Gasteiger partial charge is 0.228 e. The molecule has 4 rings (SSSR count). The second-order valence-electron chi connectivity index (χ2n) is 7.69. The van der Waals surface area contributed by atoms with Gasteiger partial charge in [0.25, 0.3) is 0 Å². The molecule has 0 unspecified atom stereocenters. The summed E-state index contributed by atoms with van der Waals surface area (Å²) in [5.74, 6) is -0.708. The number of nitrogens with two attached hydrogens (primary N) is 1. The van der Waals surface area contributed by atoms with Gasteiger partial charge in [-0.3, -0.25) is 9.48 Å². The Bertz CT molecular complexity index is 1070. The van der Waals surface area contributed by atoms with Crippen molar-refractivity contribution >= 4 is 17.7 Å². The van der Waals surface area contributed by atoms with E-state index in [1.165, 1.54) is 17.8 Å². The third kappa shape index (κ3) is 3.87. The van der Waals surface area contributed by atoms with Gasteiger partial charge in [0.1, 0.15) is 5.82 Å². The lowest BCUT2D eigenvalue weighted by molar-refractivity contribution is -0.129. The van der Waals surface area contributed by atoms with Gasteiger partial charge in [-0.1, -0.05) is 30.0 Å². The lowest BCUT2D eigenvalue weighted by atomic mass is 9.72. The molecule has 1 aromatic heterocycles. The number of halogens is 1. The van der Waals surface area contributed by atoms with Crippen LogP contribution >= 0.6 is 11.8 Å². The van der Waals surface area contributed by atoms with Crippen molar-refractivity contribution in [2.45, 2.75) is 41.1 Å². The van der Waals surface area contributed by atoms with E-state index in [-0.39, 0.29) is 17.8 Å². The molecule has 1 aliphatic rings. The second kappa shape index (κ2) is 8.24. The van der Waals surface area contributed by atoms with Crippen LogP contribution in [0.5, 0.6) is 0 Å². The molecule has 30 heavy (non-hydrogen) atoms. The van der Waals surface area contributed by atoms with E-state index in [0.717, 1.165) is 21.7 Å². The third-order valence-electron chi connectivity index (χ3n) is 5.72. The van der Waals surface area contributed by atoms with Gasteiger partial charge in [-0.05, 0) is 61.2 Å². The highest BCUT2D eigenvalue weighted by Crippen LogP contribution is 2.40. The Morgan fingerprint density at radius 1 is 1.27 bits per heavy atom. The average molecular weight is 426 g/mol. The molecular formula is C23H24FN3O2S. The summed E-state index contributed by atoms with van der Waals surface area (Å²) in [6, 6.07) is 14.7. The van der Waals surface area contributed by atoms with Crippen molar-refractivity contribution in [3.8, 4) is 11.3 Å². The molecule has 1 saturated heterocycles. The summed E-state index contributed by atoms with van der Waals surface area (Å²) >= 11 is 1.33. The van der Waals surface area contributed by atoms with E-state index in [4.69, 9.17) is 10.5 Å². The first-order chi connectivity index (χ1) is 14.4.